The Morgan fingerprint density at radius 1 is 1.13 bits per heavy atom. The molecule has 3 aromatic heterocycles. The number of aromatic nitrogens is 3. The number of sulfonamides is 1. The Labute approximate surface area is 181 Å². The van der Waals surface area contributed by atoms with Gasteiger partial charge in [0.2, 0.25) is 11.0 Å². The first-order valence-electron chi connectivity index (χ1n) is 9.22. The van der Waals surface area contributed by atoms with E-state index < -0.39 is 10.0 Å². The normalized spacial score (nSPS) is 12.1. The van der Waals surface area contributed by atoms with E-state index in [1.54, 1.807) is 47.9 Å². The molecule has 3 heterocycles. The van der Waals surface area contributed by atoms with Gasteiger partial charge >= 0.3 is 0 Å². The number of thiazole rings is 1. The van der Waals surface area contributed by atoms with Crippen LogP contribution in [0.2, 0.25) is 0 Å². The Bertz CT molecular complexity index is 1520. The summed E-state index contributed by atoms with van der Waals surface area (Å²) in [7, 11) is -3.75. The summed E-state index contributed by atoms with van der Waals surface area (Å²) in [6.45, 7) is 0. The highest BCUT2D eigenvalue weighted by atomic mass is 32.2. The van der Waals surface area contributed by atoms with Crippen LogP contribution >= 0.6 is 11.3 Å². The Balaban J connectivity index is 1.44. The summed E-state index contributed by atoms with van der Waals surface area (Å²) >= 11 is 1.54. The van der Waals surface area contributed by atoms with Gasteiger partial charge in [-0.05, 0) is 42.5 Å². The van der Waals surface area contributed by atoms with Crippen LogP contribution < -0.4 is 9.71 Å². The van der Waals surface area contributed by atoms with Gasteiger partial charge in [0.05, 0.1) is 21.7 Å². The van der Waals surface area contributed by atoms with E-state index in [9.17, 15) is 13.5 Å². The third-order valence-corrected chi connectivity index (χ3v) is 6.99. The Kier molecular flexibility index (Phi) is 4.64. The monoisotopic (exact) mass is 450 g/mol. The van der Waals surface area contributed by atoms with Crippen molar-refractivity contribution in [3.05, 3.63) is 71.9 Å². The zero-order chi connectivity index (χ0) is 21.4. The first-order chi connectivity index (χ1) is 15.0. The molecule has 0 radical (unpaired) electrons. The van der Waals surface area contributed by atoms with Crippen LogP contribution in [0.4, 0.5) is 11.5 Å². The second kappa shape index (κ2) is 7.49. The lowest BCUT2D eigenvalue weighted by Gasteiger charge is -2.07. The third-order valence-electron chi connectivity index (χ3n) is 4.72. The number of aliphatic imine (C=N–C) groups is 1. The number of fused-ring (bicyclic) bond motifs is 3. The van der Waals surface area contributed by atoms with Crippen molar-refractivity contribution in [2.45, 2.75) is 4.90 Å². The summed E-state index contributed by atoms with van der Waals surface area (Å²) in [5, 5.41) is 11.2. The number of pyridine rings is 1. The highest BCUT2D eigenvalue weighted by Gasteiger charge is 2.17. The number of aromatic amines is 2. The van der Waals surface area contributed by atoms with Crippen molar-refractivity contribution >= 4 is 60.2 Å². The molecular weight excluding hydrogens is 434 g/mol. The van der Waals surface area contributed by atoms with Crippen LogP contribution in [0.25, 0.3) is 21.1 Å². The molecule has 0 aliphatic carbocycles. The first-order valence-corrected chi connectivity index (χ1v) is 11.6. The number of anilines is 1. The lowest BCUT2D eigenvalue weighted by molar-refractivity contribution is -0.337. The standard InChI is InChI=1S/C21H15N5O3S2/c27-21-15(19-16(25-21)8-9-17-20(19)30-12-24-17)11-23-13-4-6-14(7-5-13)31(28,29)26-18-3-1-2-10-22-18/h1-12,25,27H,(H,22,26)/p+1. The molecule has 154 valence electrons. The predicted octanol–water partition coefficient (Wildman–Crippen LogP) is 3.85. The van der Waals surface area contributed by atoms with Gasteiger partial charge in [0, 0.05) is 23.9 Å². The quantitative estimate of drug-likeness (QED) is 0.352. The number of nitrogens with zero attached hydrogens (tertiary/aromatic N) is 2. The molecule has 0 atom stereocenters. The van der Waals surface area contributed by atoms with Crippen molar-refractivity contribution in [3.63, 3.8) is 0 Å². The Hall–Kier alpha value is -3.76. The summed E-state index contributed by atoms with van der Waals surface area (Å²) in [6, 6.07) is 15.0. The van der Waals surface area contributed by atoms with Gasteiger partial charge in [-0.15, -0.1) is 0 Å². The van der Waals surface area contributed by atoms with Gasteiger partial charge in [-0.3, -0.25) is 9.71 Å². The summed E-state index contributed by atoms with van der Waals surface area (Å²) in [5.74, 6) is 0.273. The lowest BCUT2D eigenvalue weighted by Crippen LogP contribution is -2.13. The number of nitrogens with one attached hydrogen (secondary N) is 3. The SMILES string of the molecule is O=S(=O)(Nc1ccccn1)c1ccc(N=Cc2c(O)[nH]c3ccc4[nH+]csc4c23)cc1. The number of hydrogen-bond donors (Lipinski definition) is 3. The summed E-state index contributed by atoms with van der Waals surface area (Å²) < 4.78 is 28.5. The molecule has 2 aromatic carbocycles. The average molecular weight is 451 g/mol. The first kappa shape index (κ1) is 19.2. The topological polar surface area (TPSA) is 122 Å². The Morgan fingerprint density at radius 2 is 1.97 bits per heavy atom. The molecule has 8 nitrogen and oxygen atoms in total. The molecule has 0 bridgehead atoms. The van der Waals surface area contributed by atoms with Gasteiger partial charge < -0.3 is 10.1 Å². The van der Waals surface area contributed by atoms with E-state index in [1.165, 1.54) is 18.3 Å². The summed E-state index contributed by atoms with van der Waals surface area (Å²) in [5.41, 5.74) is 4.79. The fourth-order valence-electron chi connectivity index (χ4n) is 3.25. The van der Waals surface area contributed by atoms with Crippen molar-refractivity contribution in [3.8, 4) is 5.88 Å². The number of benzene rings is 2. The fraction of sp³-hybridized carbons (Fsp3) is 0. The zero-order valence-corrected chi connectivity index (χ0v) is 17.5. The van der Waals surface area contributed by atoms with Crippen LogP contribution in [0.5, 0.6) is 5.88 Å². The zero-order valence-electron chi connectivity index (χ0n) is 15.9. The molecule has 5 rings (SSSR count). The summed E-state index contributed by atoms with van der Waals surface area (Å²) in [4.78, 5) is 14.6. The van der Waals surface area contributed by atoms with E-state index in [0.29, 0.717) is 11.3 Å². The molecule has 0 fully saturated rings. The molecule has 0 amide bonds. The molecule has 4 N–H and O–H groups in total. The number of aromatic hydroxyl groups is 1. The van der Waals surface area contributed by atoms with Crippen molar-refractivity contribution in [2.75, 3.05) is 4.72 Å². The fourth-order valence-corrected chi connectivity index (χ4v) is 5.16. The Morgan fingerprint density at radius 3 is 2.74 bits per heavy atom. The van der Waals surface area contributed by atoms with Crippen molar-refractivity contribution in [1.82, 2.24) is 9.97 Å². The maximum absolute atomic E-state index is 12.5. The van der Waals surface area contributed by atoms with E-state index in [4.69, 9.17) is 0 Å². The van der Waals surface area contributed by atoms with E-state index in [1.807, 2.05) is 17.6 Å². The van der Waals surface area contributed by atoms with E-state index in [2.05, 4.69) is 24.7 Å². The maximum Gasteiger partial charge on any atom is 0.263 e. The van der Waals surface area contributed by atoms with Crippen LogP contribution in [0, 0.1) is 0 Å². The second-order valence-corrected chi connectivity index (χ2v) is 9.27. The molecule has 0 saturated carbocycles. The van der Waals surface area contributed by atoms with E-state index in [-0.39, 0.29) is 16.6 Å². The molecular formula is C21H16N5O3S2+. The van der Waals surface area contributed by atoms with Crippen molar-refractivity contribution < 1.29 is 18.5 Å². The third kappa shape index (κ3) is 3.62. The molecule has 0 spiro atoms. The molecule has 0 saturated heterocycles. The van der Waals surface area contributed by atoms with Crippen LogP contribution in [0.15, 0.2) is 76.2 Å². The molecule has 10 heteroatoms. The van der Waals surface area contributed by atoms with Crippen LogP contribution in [0.1, 0.15) is 5.56 Å². The molecule has 5 aromatic rings. The van der Waals surface area contributed by atoms with Crippen LogP contribution in [0.3, 0.4) is 0 Å². The molecule has 0 aliphatic heterocycles. The van der Waals surface area contributed by atoms with Gasteiger partial charge in [0.15, 0.2) is 5.88 Å². The highest BCUT2D eigenvalue weighted by molar-refractivity contribution is 7.92. The maximum atomic E-state index is 12.5. The van der Waals surface area contributed by atoms with Crippen molar-refractivity contribution in [1.29, 1.82) is 0 Å². The van der Waals surface area contributed by atoms with Crippen molar-refractivity contribution in [2.24, 2.45) is 4.99 Å². The van der Waals surface area contributed by atoms with Crippen LogP contribution in [-0.4, -0.2) is 29.7 Å². The number of rotatable bonds is 5. The van der Waals surface area contributed by atoms with Gasteiger partial charge in [-0.1, -0.05) is 17.4 Å². The van der Waals surface area contributed by atoms with Gasteiger partial charge in [0.1, 0.15) is 10.5 Å². The van der Waals surface area contributed by atoms with Gasteiger partial charge in [-0.2, -0.15) is 0 Å². The molecule has 0 aliphatic rings. The second-order valence-electron chi connectivity index (χ2n) is 6.70. The minimum absolute atomic E-state index is 0.0263. The molecule has 31 heavy (non-hydrogen) atoms. The van der Waals surface area contributed by atoms with E-state index in [0.717, 1.165) is 21.1 Å². The average Bonchev–Trinajstić information content (AvgIpc) is 3.36. The number of hydrogen-bond acceptors (Lipinski definition) is 6. The van der Waals surface area contributed by atoms with Gasteiger partial charge in [0.25, 0.3) is 10.0 Å². The predicted molar refractivity (Wildman–Crippen MR) is 121 cm³/mol. The lowest BCUT2D eigenvalue weighted by atomic mass is 10.1. The minimum Gasteiger partial charge on any atom is -0.494 e. The van der Waals surface area contributed by atoms with Crippen LogP contribution in [-0.2, 0) is 10.0 Å². The summed E-state index contributed by atoms with van der Waals surface area (Å²) in [6.07, 6.45) is 3.08. The minimum atomic E-state index is -3.75. The van der Waals surface area contributed by atoms with Gasteiger partial charge in [-0.25, -0.2) is 18.4 Å². The van der Waals surface area contributed by atoms with E-state index >= 15 is 0 Å². The number of H-pyrrole nitrogens is 2. The smallest absolute Gasteiger partial charge is 0.263 e. The largest absolute Gasteiger partial charge is 0.494 e. The highest BCUT2D eigenvalue weighted by Crippen LogP contribution is 2.33. The molecule has 0 unspecified atom stereocenters.